The Morgan fingerprint density at radius 1 is 1.53 bits per heavy atom. The summed E-state index contributed by atoms with van der Waals surface area (Å²) in [5.41, 5.74) is 0. The van der Waals surface area contributed by atoms with Crippen LogP contribution in [0.1, 0.15) is 6.92 Å². The molecule has 0 bridgehead atoms. The molecular weight excluding hydrogens is 330 g/mol. The molecule has 5 heteroatoms. The maximum atomic E-state index is 11.1. The molecule has 1 unspecified atom stereocenters. The molecule has 0 saturated heterocycles. The van der Waals surface area contributed by atoms with Crippen LogP contribution in [0.15, 0.2) is 18.2 Å². The van der Waals surface area contributed by atoms with Gasteiger partial charge in [0, 0.05) is 3.57 Å². The third-order valence-electron chi connectivity index (χ3n) is 1.74. The largest absolute Gasteiger partial charge is 0.479 e. The topological polar surface area (TPSA) is 35.5 Å². The van der Waals surface area contributed by atoms with Crippen LogP contribution in [0.25, 0.3) is 0 Å². The van der Waals surface area contributed by atoms with E-state index in [1.807, 2.05) is 0 Å². The number of halogens is 2. The van der Waals surface area contributed by atoms with Crippen molar-refractivity contribution in [3.05, 3.63) is 26.8 Å². The Bertz CT molecular complexity index is 368. The van der Waals surface area contributed by atoms with Gasteiger partial charge in [-0.1, -0.05) is 11.6 Å². The fourth-order valence-corrected chi connectivity index (χ4v) is 1.57. The van der Waals surface area contributed by atoms with E-state index < -0.39 is 12.1 Å². The van der Waals surface area contributed by atoms with Crippen LogP contribution in [0.3, 0.4) is 0 Å². The quantitative estimate of drug-likeness (QED) is 0.627. The molecule has 1 aromatic carbocycles. The van der Waals surface area contributed by atoms with Crippen molar-refractivity contribution in [3.63, 3.8) is 0 Å². The van der Waals surface area contributed by atoms with Crippen molar-refractivity contribution in [2.75, 3.05) is 7.11 Å². The molecule has 0 aliphatic heterocycles. The molecule has 82 valence electrons. The Morgan fingerprint density at radius 3 is 2.73 bits per heavy atom. The van der Waals surface area contributed by atoms with Gasteiger partial charge in [-0.2, -0.15) is 0 Å². The van der Waals surface area contributed by atoms with Crippen LogP contribution in [0.4, 0.5) is 0 Å². The number of benzene rings is 1. The van der Waals surface area contributed by atoms with Crippen LogP contribution in [0.5, 0.6) is 5.75 Å². The van der Waals surface area contributed by atoms with Gasteiger partial charge in [-0.3, -0.25) is 0 Å². The molecule has 0 amide bonds. The van der Waals surface area contributed by atoms with Gasteiger partial charge in [-0.15, -0.1) is 0 Å². The minimum absolute atomic E-state index is 0.403. The van der Waals surface area contributed by atoms with Gasteiger partial charge in [-0.05, 0) is 47.7 Å². The van der Waals surface area contributed by atoms with Gasteiger partial charge in [0.15, 0.2) is 6.10 Å². The molecule has 0 fully saturated rings. The van der Waals surface area contributed by atoms with Gasteiger partial charge in [0.25, 0.3) is 0 Å². The SMILES string of the molecule is COC(=O)C(C)Oc1ccc(Cl)c(I)c1. The number of carbonyl (C=O) groups is 1. The van der Waals surface area contributed by atoms with E-state index in [0.717, 1.165) is 3.57 Å². The number of carbonyl (C=O) groups excluding carboxylic acids is 1. The van der Waals surface area contributed by atoms with Crippen LogP contribution >= 0.6 is 34.2 Å². The monoisotopic (exact) mass is 340 g/mol. The molecule has 0 aliphatic carbocycles. The number of hydrogen-bond donors (Lipinski definition) is 0. The Labute approximate surface area is 107 Å². The number of methoxy groups -OCH3 is 1. The second-order valence-electron chi connectivity index (χ2n) is 2.86. The zero-order valence-corrected chi connectivity index (χ0v) is 11.2. The Kier molecular flexibility index (Phi) is 4.66. The van der Waals surface area contributed by atoms with Crippen molar-refractivity contribution < 1.29 is 14.3 Å². The molecule has 0 heterocycles. The Balaban J connectivity index is 2.73. The molecule has 0 aliphatic rings. The highest BCUT2D eigenvalue weighted by atomic mass is 127. The van der Waals surface area contributed by atoms with Crippen molar-refractivity contribution >= 4 is 40.2 Å². The number of ether oxygens (including phenoxy) is 2. The molecule has 15 heavy (non-hydrogen) atoms. The zero-order valence-electron chi connectivity index (χ0n) is 8.29. The van der Waals surface area contributed by atoms with E-state index in [2.05, 4.69) is 27.3 Å². The van der Waals surface area contributed by atoms with Gasteiger partial charge in [0.1, 0.15) is 5.75 Å². The predicted octanol–water partition coefficient (Wildman–Crippen LogP) is 2.88. The minimum atomic E-state index is -0.619. The smallest absolute Gasteiger partial charge is 0.346 e. The van der Waals surface area contributed by atoms with E-state index in [0.29, 0.717) is 10.8 Å². The molecule has 0 radical (unpaired) electrons. The summed E-state index contributed by atoms with van der Waals surface area (Å²) >= 11 is 7.95. The van der Waals surface area contributed by atoms with Crippen molar-refractivity contribution in [3.8, 4) is 5.75 Å². The molecule has 1 atom stereocenters. The molecule has 1 aromatic rings. The summed E-state index contributed by atoms with van der Waals surface area (Å²) in [4.78, 5) is 11.1. The summed E-state index contributed by atoms with van der Waals surface area (Å²) in [6.45, 7) is 1.63. The molecular formula is C10H10ClIO3. The van der Waals surface area contributed by atoms with E-state index in [1.54, 1.807) is 25.1 Å². The second-order valence-corrected chi connectivity index (χ2v) is 4.43. The van der Waals surface area contributed by atoms with Crippen molar-refractivity contribution in [2.24, 2.45) is 0 Å². The summed E-state index contributed by atoms with van der Waals surface area (Å²) in [7, 11) is 1.33. The first-order chi connectivity index (χ1) is 7.04. The lowest BCUT2D eigenvalue weighted by molar-refractivity contribution is -0.147. The molecule has 0 N–H and O–H groups in total. The first-order valence-electron chi connectivity index (χ1n) is 4.24. The maximum Gasteiger partial charge on any atom is 0.346 e. The maximum absolute atomic E-state index is 11.1. The highest BCUT2D eigenvalue weighted by Gasteiger charge is 2.14. The molecule has 1 rings (SSSR count). The fraction of sp³-hybridized carbons (Fsp3) is 0.300. The summed E-state index contributed by atoms with van der Waals surface area (Å²) in [5, 5.41) is 0.661. The third kappa shape index (κ3) is 3.53. The first-order valence-corrected chi connectivity index (χ1v) is 5.70. The van der Waals surface area contributed by atoms with E-state index in [4.69, 9.17) is 16.3 Å². The van der Waals surface area contributed by atoms with E-state index in [9.17, 15) is 4.79 Å². The van der Waals surface area contributed by atoms with Crippen LogP contribution in [0.2, 0.25) is 5.02 Å². The van der Waals surface area contributed by atoms with Crippen molar-refractivity contribution in [2.45, 2.75) is 13.0 Å². The number of esters is 1. The second kappa shape index (κ2) is 5.55. The van der Waals surface area contributed by atoms with Gasteiger partial charge in [0.2, 0.25) is 0 Å². The predicted molar refractivity (Wildman–Crippen MR) is 66.3 cm³/mol. The molecule has 3 nitrogen and oxygen atoms in total. The lowest BCUT2D eigenvalue weighted by Crippen LogP contribution is -2.24. The van der Waals surface area contributed by atoms with Crippen LogP contribution in [-0.2, 0) is 9.53 Å². The van der Waals surface area contributed by atoms with E-state index in [1.165, 1.54) is 7.11 Å². The van der Waals surface area contributed by atoms with E-state index >= 15 is 0 Å². The zero-order chi connectivity index (χ0) is 11.4. The average Bonchev–Trinajstić information content (AvgIpc) is 2.22. The number of rotatable bonds is 3. The highest BCUT2D eigenvalue weighted by molar-refractivity contribution is 14.1. The Morgan fingerprint density at radius 2 is 2.20 bits per heavy atom. The van der Waals surface area contributed by atoms with Gasteiger partial charge in [-0.25, -0.2) is 4.79 Å². The minimum Gasteiger partial charge on any atom is -0.479 e. The number of hydrogen-bond acceptors (Lipinski definition) is 3. The third-order valence-corrected chi connectivity index (χ3v) is 3.28. The normalized spacial score (nSPS) is 12.0. The molecule has 0 spiro atoms. The Hall–Kier alpha value is -0.490. The van der Waals surface area contributed by atoms with Gasteiger partial charge in [0.05, 0.1) is 12.1 Å². The average molecular weight is 341 g/mol. The van der Waals surface area contributed by atoms with Crippen LogP contribution in [-0.4, -0.2) is 19.2 Å². The lowest BCUT2D eigenvalue weighted by atomic mass is 10.3. The van der Waals surface area contributed by atoms with Crippen LogP contribution in [0, 0.1) is 3.57 Å². The van der Waals surface area contributed by atoms with Gasteiger partial charge < -0.3 is 9.47 Å². The summed E-state index contributed by atoms with van der Waals surface area (Å²) in [5.74, 6) is 0.196. The fourth-order valence-electron chi connectivity index (χ4n) is 0.968. The van der Waals surface area contributed by atoms with Crippen molar-refractivity contribution in [1.82, 2.24) is 0 Å². The molecule has 0 saturated carbocycles. The standard InChI is InChI=1S/C10H10ClIO3/c1-6(10(13)14-2)15-7-3-4-8(11)9(12)5-7/h3-6H,1-2H3. The lowest BCUT2D eigenvalue weighted by Gasteiger charge is -2.12. The summed E-state index contributed by atoms with van der Waals surface area (Å²) in [6, 6.07) is 5.20. The van der Waals surface area contributed by atoms with E-state index in [-0.39, 0.29) is 0 Å². The summed E-state index contributed by atoms with van der Waals surface area (Å²) < 4.78 is 10.8. The highest BCUT2D eigenvalue weighted by Crippen LogP contribution is 2.24. The first kappa shape index (κ1) is 12.6. The van der Waals surface area contributed by atoms with Gasteiger partial charge >= 0.3 is 5.97 Å². The molecule has 0 aromatic heterocycles. The van der Waals surface area contributed by atoms with Crippen molar-refractivity contribution in [1.29, 1.82) is 0 Å². The summed E-state index contributed by atoms with van der Waals surface area (Å²) in [6.07, 6.45) is -0.619. The van der Waals surface area contributed by atoms with Crippen LogP contribution < -0.4 is 4.74 Å².